The fraction of sp³-hybridized carbons (Fsp3) is 0.0769. The number of amides is 2. The van der Waals surface area contributed by atoms with Crippen LogP contribution in [0.4, 0.5) is 11.4 Å². The van der Waals surface area contributed by atoms with Crippen LogP contribution in [0.5, 0.6) is 17.2 Å². The Kier molecular flexibility index (Phi) is 6.70. The SMILES string of the molecule is CN(C(=O)COc1cccc(NC(=O)c2ccco2)c1)c1ccc(Oc2ccccc2)cc1. The zero-order chi connectivity index (χ0) is 23.0. The van der Waals surface area contributed by atoms with Gasteiger partial charge in [-0.2, -0.15) is 0 Å². The van der Waals surface area contributed by atoms with E-state index in [-0.39, 0.29) is 24.2 Å². The van der Waals surface area contributed by atoms with Crippen LogP contribution < -0.4 is 19.7 Å². The van der Waals surface area contributed by atoms with Gasteiger partial charge < -0.3 is 24.1 Å². The van der Waals surface area contributed by atoms with Crippen molar-refractivity contribution in [1.82, 2.24) is 0 Å². The van der Waals surface area contributed by atoms with Gasteiger partial charge in [0.25, 0.3) is 11.8 Å². The maximum Gasteiger partial charge on any atom is 0.291 e. The molecule has 0 spiro atoms. The number of nitrogens with zero attached hydrogens (tertiary/aromatic N) is 1. The third-order valence-electron chi connectivity index (χ3n) is 4.78. The van der Waals surface area contributed by atoms with Crippen molar-refractivity contribution in [3.8, 4) is 17.2 Å². The lowest BCUT2D eigenvalue weighted by atomic mass is 10.2. The van der Waals surface area contributed by atoms with E-state index in [1.54, 1.807) is 67.7 Å². The topological polar surface area (TPSA) is 81.0 Å². The lowest BCUT2D eigenvalue weighted by Crippen LogP contribution is -2.31. The van der Waals surface area contributed by atoms with Crippen LogP contribution in [0.15, 0.2) is 102 Å². The predicted molar refractivity (Wildman–Crippen MR) is 125 cm³/mol. The van der Waals surface area contributed by atoms with Gasteiger partial charge in [-0.3, -0.25) is 9.59 Å². The van der Waals surface area contributed by atoms with Crippen LogP contribution in [-0.4, -0.2) is 25.5 Å². The molecule has 0 fully saturated rings. The van der Waals surface area contributed by atoms with E-state index in [4.69, 9.17) is 13.9 Å². The maximum atomic E-state index is 12.6. The minimum absolute atomic E-state index is 0.158. The molecule has 7 heteroatoms. The molecular weight excluding hydrogens is 420 g/mol. The van der Waals surface area contributed by atoms with Crippen LogP contribution >= 0.6 is 0 Å². The van der Waals surface area contributed by atoms with Crippen molar-refractivity contribution in [1.29, 1.82) is 0 Å². The second kappa shape index (κ2) is 10.2. The Hall–Kier alpha value is -4.52. The van der Waals surface area contributed by atoms with E-state index in [0.717, 1.165) is 5.75 Å². The number of anilines is 2. The van der Waals surface area contributed by atoms with E-state index in [0.29, 0.717) is 22.9 Å². The van der Waals surface area contributed by atoms with Crippen molar-refractivity contribution in [2.45, 2.75) is 0 Å². The zero-order valence-electron chi connectivity index (χ0n) is 17.9. The molecule has 4 aromatic rings. The molecule has 0 saturated carbocycles. The normalized spacial score (nSPS) is 10.3. The first-order valence-electron chi connectivity index (χ1n) is 10.3. The van der Waals surface area contributed by atoms with Gasteiger partial charge in [0.05, 0.1) is 6.26 Å². The standard InChI is InChI=1S/C26H22N2O5/c1-28(20-12-14-22(15-13-20)33-21-8-3-2-4-9-21)25(29)18-32-23-10-5-7-19(17-23)27-26(30)24-11-6-16-31-24/h2-17H,18H2,1H3,(H,27,30). The van der Waals surface area contributed by atoms with Gasteiger partial charge in [-0.1, -0.05) is 24.3 Å². The fourth-order valence-electron chi connectivity index (χ4n) is 3.01. The van der Waals surface area contributed by atoms with E-state index >= 15 is 0 Å². The van der Waals surface area contributed by atoms with E-state index in [1.807, 2.05) is 30.3 Å². The molecule has 0 saturated heterocycles. The molecule has 0 radical (unpaired) electrons. The first kappa shape index (κ1) is 21.7. The minimum Gasteiger partial charge on any atom is -0.484 e. The Morgan fingerprint density at radius 3 is 2.30 bits per heavy atom. The summed E-state index contributed by atoms with van der Waals surface area (Å²) in [5, 5.41) is 2.72. The van der Waals surface area contributed by atoms with Gasteiger partial charge in [0.1, 0.15) is 17.2 Å². The molecule has 166 valence electrons. The van der Waals surface area contributed by atoms with Crippen molar-refractivity contribution in [2.24, 2.45) is 0 Å². The van der Waals surface area contributed by atoms with Crippen LogP contribution in [0.25, 0.3) is 0 Å². The highest BCUT2D eigenvalue weighted by Crippen LogP contribution is 2.24. The van der Waals surface area contributed by atoms with E-state index in [9.17, 15) is 9.59 Å². The molecule has 0 bridgehead atoms. The van der Waals surface area contributed by atoms with Gasteiger partial charge >= 0.3 is 0 Å². The maximum absolute atomic E-state index is 12.6. The molecule has 2 amide bonds. The summed E-state index contributed by atoms with van der Waals surface area (Å²) in [6.07, 6.45) is 1.43. The second-order valence-electron chi connectivity index (χ2n) is 7.11. The number of hydrogen-bond donors (Lipinski definition) is 1. The average Bonchev–Trinajstić information content (AvgIpc) is 3.39. The van der Waals surface area contributed by atoms with Crippen molar-refractivity contribution in [3.63, 3.8) is 0 Å². The minimum atomic E-state index is -0.368. The largest absolute Gasteiger partial charge is 0.484 e. The highest BCUT2D eigenvalue weighted by molar-refractivity contribution is 6.02. The van der Waals surface area contributed by atoms with Crippen LogP contribution in [-0.2, 0) is 4.79 Å². The monoisotopic (exact) mass is 442 g/mol. The van der Waals surface area contributed by atoms with Crippen LogP contribution in [0.1, 0.15) is 10.6 Å². The van der Waals surface area contributed by atoms with Crippen molar-refractivity contribution >= 4 is 23.2 Å². The summed E-state index contributed by atoms with van der Waals surface area (Å²) in [4.78, 5) is 26.2. The third-order valence-corrected chi connectivity index (χ3v) is 4.78. The molecule has 0 unspecified atom stereocenters. The number of likely N-dealkylation sites (N-methyl/N-ethyl adjacent to an activating group) is 1. The molecule has 0 aliphatic heterocycles. The van der Waals surface area contributed by atoms with E-state index in [2.05, 4.69) is 5.32 Å². The summed E-state index contributed by atoms with van der Waals surface area (Å²) < 4.78 is 16.5. The van der Waals surface area contributed by atoms with Gasteiger partial charge in [-0.25, -0.2) is 0 Å². The number of para-hydroxylation sites is 1. The number of benzene rings is 3. The number of nitrogens with one attached hydrogen (secondary N) is 1. The number of carbonyl (C=O) groups is 2. The van der Waals surface area contributed by atoms with E-state index in [1.165, 1.54) is 11.2 Å². The van der Waals surface area contributed by atoms with Gasteiger partial charge in [0.15, 0.2) is 12.4 Å². The Balaban J connectivity index is 1.31. The first-order chi connectivity index (χ1) is 16.1. The molecule has 0 atom stereocenters. The van der Waals surface area contributed by atoms with Crippen LogP contribution in [0.3, 0.4) is 0 Å². The highest BCUT2D eigenvalue weighted by atomic mass is 16.5. The van der Waals surface area contributed by atoms with Crippen molar-refractivity contribution < 1.29 is 23.5 Å². The highest BCUT2D eigenvalue weighted by Gasteiger charge is 2.13. The number of carbonyl (C=O) groups excluding carboxylic acids is 2. The summed E-state index contributed by atoms with van der Waals surface area (Å²) in [7, 11) is 1.68. The lowest BCUT2D eigenvalue weighted by Gasteiger charge is -2.18. The molecule has 0 aliphatic carbocycles. The molecule has 1 heterocycles. The number of furan rings is 1. The Morgan fingerprint density at radius 1 is 0.848 bits per heavy atom. The summed E-state index contributed by atoms with van der Waals surface area (Å²) in [5.41, 5.74) is 1.24. The number of rotatable bonds is 8. The van der Waals surface area contributed by atoms with Gasteiger partial charge in [0, 0.05) is 24.5 Å². The molecule has 4 rings (SSSR count). The zero-order valence-corrected chi connectivity index (χ0v) is 17.9. The molecule has 33 heavy (non-hydrogen) atoms. The van der Waals surface area contributed by atoms with Crippen molar-refractivity contribution in [3.05, 3.63) is 103 Å². The quantitative estimate of drug-likeness (QED) is 0.397. The lowest BCUT2D eigenvalue weighted by molar-refractivity contribution is -0.120. The summed E-state index contributed by atoms with van der Waals surface area (Å²) in [5.74, 6) is 1.49. The Bertz CT molecular complexity index is 1210. The molecule has 7 nitrogen and oxygen atoms in total. The number of ether oxygens (including phenoxy) is 2. The Morgan fingerprint density at radius 2 is 1.58 bits per heavy atom. The summed E-state index contributed by atoms with van der Waals surface area (Å²) in [6, 6.07) is 26.7. The smallest absolute Gasteiger partial charge is 0.291 e. The summed E-state index contributed by atoms with van der Waals surface area (Å²) >= 11 is 0. The molecule has 1 aromatic heterocycles. The second-order valence-corrected chi connectivity index (χ2v) is 7.11. The van der Waals surface area contributed by atoms with Crippen molar-refractivity contribution in [2.75, 3.05) is 23.9 Å². The number of hydrogen-bond acceptors (Lipinski definition) is 5. The predicted octanol–water partition coefficient (Wildman–Crippen LogP) is 5.37. The molecule has 1 N–H and O–H groups in total. The Labute approximate surface area is 191 Å². The summed E-state index contributed by atoms with van der Waals surface area (Å²) in [6.45, 7) is -0.158. The molecule has 3 aromatic carbocycles. The van der Waals surface area contributed by atoms with Crippen LogP contribution in [0.2, 0.25) is 0 Å². The van der Waals surface area contributed by atoms with Gasteiger partial charge in [-0.15, -0.1) is 0 Å². The first-order valence-corrected chi connectivity index (χ1v) is 10.3. The third kappa shape index (κ3) is 5.80. The van der Waals surface area contributed by atoms with Crippen LogP contribution in [0, 0.1) is 0 Å². The molecule has 0 aliphatic rings. The average molecular weight is 442 g/mol. The molecular formula is C26H22N2O5. The fourth-order valence-corrected chi connectivity index (χ4v) is 3.01. The van der Waals surface area contributed by atoms with Gasteiger partial charge in [0.2, 0.25) is 0 Å². The van der Waals surface area contributed by atoms with E-state index < -0.39 is 0 Å². The van der Waals surface area contributed by atoms with Gasteiger partial charge in [-0.05, 0) is 60.7 Å².